The summed E-state index contributed by atoms with van der Waals surface area (Å²) in [7, 11) is -4.22. The number of sulfonamides is 1. The highest BCUT2D eigenvalue weighted by Gasteiger charge is 2.35. The van der Waals surface area contributed by atoms with Crippen LogP contribution in [0.25, 0.3) is 0 Å². The third-order valence-electron chi connectivity index (χ3n) is 7.79. The molecule has 2 amide bonds. The molecule has 1 N–H and O–H groups in total. The number of carbonyl (C=O) groups is 2. The minimum atomic E-state index is -4.22. The molecule has 0 radical (unpaired) electrons. The summed E-state index contributed by atoms with van der Waals surface area (Å²) >= 11 is 6.47. The van der Waals surface area contributed by atoms with E-state index in [1.54, 1.807) is 37.3 Å². The van der Waals surface area contributed by atoms with Crippen molar-refractivity contribution in [1.82, 2.24) is 10.2 Å². The number of nitrogens with zero attached hydrogens (tertiary/aromatic N) is 2. The van der Waals surface area contributed by atoms with Crippen molar-refractivity contribution in [2.45, 2.75) is 58.5 Å². The lowest BCUT2D eigenvalue weighted by molar-refractivity contribution is -0.140. The number of anilines is 1. The Labute approximate surface area is 278 Å². The van der Waals surface area contributed by atoms with Crippen LogP contribution in [0.1, 0.15) is 41.7 Å². The van der Waals surface area contributed by atoms with E-state index in [0.29, 0.717) is 22.8 Å². The van der Waals surface area contributed by atoms with Gasteiger partial charge in [-0.25, -0.2) is 8.42 Å². The summed E-state index contributed by atoms with van der Waals surface area (Å²) in [4.78, 5) is 30.1. The molecule has 7 nitrogen and oxygen atoms in total. The van der Waals surface area contributed by atoms with Gasteiger partial charge in [-0.1, -0.05) is 109 Å². The van der Waals surface area contributed by atoms with Crippen molar-refractivity contribution in [2.75, 3.05) is 17.4 Å². The number of hydrogen-bond donors (Lipinski definition) is 1. The predicted octanol–water partition coefficient (Wildman–Crippen LogP) is 6.87. The molecular weight excluding hydrogens is 618 g/mol. The van der Waals surface area contributed by atoms with Crippen LogP contribution < -0.4 is 9.62 Å². The lowest BCUT2D eigenvalue weighted by atomic mass is 10.0. The summed E-state index contributed by atoms with van der Waals surface area (Å²) in [5.41, 5.74) is 4.43. The zero-order valence-electron chi connectivity index (χ0n) is 27.0. The molecular formula is C37H42ClN3O4S. The maximum Gasteiger partial charge on any atom is 0.264 e. The van der Waals surface area contributed by atoms with Crippen molar-refractivity contribution in [3.8, 4) is 0 Å². The summed E-state index contributed by atoms with van der Waals surface area (Å²) in [6.45, 7) is 9.58. The normalized spacial score (nSPS) is 12.1. The molecule has 4 aromatic carbocycles. The molecule has 0 bridgehead atoms. The summed E-state index contributed by atoms with van der Waals surface area (Å²) in [6.07, 6.45) is 0.253. The first kappa shape index (κ1) is 34.7. The fourth-order valence-electron chi connectivity index (χ4n) is 5.20. The lowest BCUT2D eigenvalue weighted by Crippen LogP contribution is -2.53. The van der Waals surface area contributed by atoms with Gasteiger partial charge in [-0.2, -0.15) is 0 Å². The van der Waals surface area contributed by atoms with Crippen LogP contribution in [-0.4, -0.2) is 44.3 Å². The maximum absolute atomic E-state index is 14.6. The van der Waals surface area contributed by atoms with Gasteiger partial charge in [0.2, 0.25) is 11.8 Å². The van der Waals surface area contributed by atoms with Crippen LogP contribution in [0.3, 0.4) is 0 Å². The number of halogens is 1. The molecule has 0 aliphatic rings. The van der Waals surface area contributed by atoms with E-state index < -0.39 is 28.5 Å². The summed E-state index contributed by atoms with van der Waals surface area (Å²) in [5.74, 6) is -0.620. The smallest absolute Gasteiger partial charge is 0.264 e. The summed E-state index contributed by atoms with van der Waals surface area (Å²) in [6, 6.07) is 27.8. The second kappa shape index (κ2) is 15.4. The molecule has 0 saturated carbocycles. The first-order valence-electron chi connectivity index (χ1n) is 15.4. The van der Waals surface area contributed by atoms with Crippen LogP contribution in [0.15, 0.2) is 102 Å². The Morgan fingerprint density at radius 1 is 0.804 bits per heavy atom. The molecule has 0 unspecified atom stereocenters. The van der Waals surface area contributed by atoms with Gasteiger partial charge < -0.3 is 10.2 Å². The minimum absolute atomic E-state index is 0.0472. The maximum atomic E-state index is 14.6. The van der Waals surface area contributed by atoms with Crippen LogP contribution >= 0.6 is 11.6 Å². The van der Waals surface area contributed by atoms with Crippen LogP contribution in [-0.2, 0) is 32.6 Å². The highest BCUT2D eigenvalue weighted by molar-refractivity contribution is 7.92. The first-order valence-corrected chi connectivity index (χ1v) is 17.2. The minimum Gasteiger partial charge on any atom is -0.354 e. The quantitative estimate of drug-likeness (QED) is 0.170. The average Bonchev–Trinajstić information content (AvgIpc) is 3.02. The molecule has 4 aromatic rings. The van der Waals surface area contributed by atoms with Gasteiger partial charge >= 0.3 is 0 Å². The van der Waals surface area contributed by atoms with E-state index in [9.17, 15) is 18.0 Å². The van der Waals surface area contributed by atoms with Crippen LogP contribution in [0, 0.1) is 26.7 Å². The summed E-state index contributed by atoms with van der Waals surface area (Å²) < 4.78 is 29.7. The van der Waals surface area contributed by atoms with Gasteiger partial charge in [0.25, 0.3) is 10.0 Å². The van der Waals surface area contributed by atoms with Gasteiger partial charge in [0.05, 0.1) is 10.6 Å². The topological polar surface area (TPSA) is 86.8 Å². The Morgan fingerprint density at radius 2 is 1.46 bits per heavy atom. The van der Waals surface area contributed by atoms with Crippen molar-refractivity contribution >= 4 is 39.1 Å². The van der Waals surface area contributed by atoms with E-state index in [4.69, 9.17) is 11.6 Å². The number of hydrogen-bond acceptors (Lipinski definition) is 4. The molecule has 9 heteroatoms. The SMILES string of the molecule is Cc1ccc(S(=O)(=O)N(CC(=O)N(Cc2cccc(C)c2)[C@@H](Cc2ccccc2)C(=O)NCC(C)C)c2cccc(Cl)c2C)cc1. The van der Waals surface area contributed by atoms with Gasteiger partial charge in [-0.05, 0) is 67.6 Å². The van der Waals surface area contributed by atoms with Crippen molar-refractivity contribution in [2.24, 2.45) is 5.92 Å². The van der Waals surface area contributed by atoms with E-state index in [1.807, 2.05) is 82.3 Å². The molecule has 46 heavy (non-hydrogen) atoms. The number of nitrogens with one attached hydrogen (secondary N) is 1. The van der Waals surface area contributed by atoms with Gasteiger partial charge in [0.1, 0.15) is 12.6 Å². The fraction of sp³-hybridized carbons (Fsp3) is 0.297. The fourth-order valence-corrected chi connectivity index (χ4v) is 6.84. The van der Waals surface area contributed by atoms with Crippen molar-refractivity contribution in [1.29, 1.82) is 0 Å². The predicted molar refractivity (Wildman–Crippen MR) is 185 cm³/mol. The Balaban J connectivity index is 1.83. The van der Waals surface area contributed by atoms with Gasteiger partial charge in [0.15, 0.2) is 0 Å². The standard InChI is InChI=1S/C37H42ClN3O4S/c1-26(2)23-39-37(43)35(22-30-12-7-6-8-13-30)40(24-31-14-9-11-28(4)21-31)36(42)25-41(34-16-10-15-33(38)29(34)5)46(44,45)32-19-17-27(3)18-20-32/h6-21,26,35H,22-25H2,1-5H3,(H,39,43)/t35-/m0/s1. The number of carbonyl (C=O) groups excluding carboxylic acids is 2. The van der Waals surface area contributed by atoms with E-state index in [1.165, 1.54) is 17.0 Å². The Kier molecular flexibility index (Phi) is 11.7. The highest BCUT2D eigenvalue weighted by Crippen LogP contribution is 2.31. The third-order valence-corrected chi connectivity index (χ3v) is 9.97. The zero-order chi connectivity index (χ0) is 33.4. The molecule has 0 aromatic heterocycles. The molecule has 4 rings (SSSR count). The lowest BCUT2D eigenvalue weighted by Gasteiger charge is -2.34. The second-order valence-electron chi connectivity index (χ2n) is 12.1. The number of aryl methyl sites for hydroxylation is 2. The second-order valence-corrected chi connectivity index (χ2v) is 14.3. The van der Waals surface area contributed by atoms with Crippen molar-refractivity contribution in [3.05, 3.63) is 130 Å². The number of amides is 2. The Morgan fingerprint density at radius 3 is 2.11 bits per heavy atom. The molecule has 0 fully saturated rings. The zero-order valence-corrected chi connectivity index (χ0v) is 28.6. The highest BCUT2D eigenvalue weighted by atomic mass is 35.5. The molecule has 1 atom stereocenters. The van der Waals surface area contributed by atoms with Crippen molar-refractivity contribution in [3.63, 3.8) is 0 Å². The van der Waals surface area contributed by atoms with Crippen LogP contribution in [0.2, 0.25) is 5.02 Å². The molecule has 0 spiro atoms. The van der Waals surface area contributed by atoms with E-state index in [0.717, 1.165) is 26.6 Å². The molecule has 242 valence electrons. The molecule has 0 saturated heterocycles. The van der Waals surface area contributed by atoms with Crippen LogP contribution in [0.4, 0.5) is 5.69 Å². The average molecular weight is 660 g/mol. The van der Waals surface area contributed by atoms with Gasteiger partial charge in [0, 0.05) is 24.5 Å². The number of rotatable bonds is 13. The van der Waals surface area contributed by atoms with Gasteiger partial charge in [-0.3, -0.25) is 13.9 Å². The van der Waals surface area contributed by atoms with Gasteiger partial charge in [-0.15, -0.1) is 0 Å². The monoisotopic (exact) mass is 659 g/mol. The summed E-state index contributed by atoms with van der Waals surface area (Å²) in [5, 5.41) is 3.39. The largest absolute Gasteiger partial charge is 0.354 e. The Hall–Kier alpha value is -4.14. The Bertz CT molecular complexity index is 1760. The van der Waals surface area contributed by atoms with E-state index >= 15 is 0 Å². The molecule has 0 heterocycles. The van der Waals surface area contributed by atoms with E-state index in [-0.39, 0.29) is 29.7 Å². The molecule has 0 aliphatic heterocycles. The van der Waals surface area contributed by atoms with Crippen molar-refractivity contribution < 1.29 is 18.0 Å². The third kappa shape index (κ3) is 8.77. The van der Waals surface area contributed by atoms with E-state index in [2.05, 4.69) is 5.32 Å². The molecule has 0 aliphatic carbocycles. The first-order chi connectivity index (χ1) is 21.9. The van der Waals surface area contributed by atoms with Crippen LogP contribution in [0.5, 0.6) is 0 Å². The number of benzene rings is 4.